The summed E-state index contributed by atoms with van der Waals surface area (Å²) in [5, 5.41) is 0. The van der Waals surface area contributed by atoms with Crippen LogP contribution in [0.15, 0.2) is 121 Å². The Morgan fingerprint density at radius 2 is 1.00 bits per heavy atom. The fourth-order valence-electron chi connectivity index (χ4n) is 5.57. The summed E-state index contributed by atoms with van der Waals surface area (Å²) in [6.07, 6.45) is 0.0726. The van der Waals surface area contributed by atoms with Crippen molar-refractivity contribution < 1.29 is 18.9 Å². The van der Waals surface area contributed by atoms with Crippen LogP contribution in [0.2, 0.25) is 0 Å². The van der Waals surface area contributed by atoms with Gasteiger partial charge in [0.05, 0.1) is 45.2 Å². The van der Waals surface area contributed by atoms with Crippen LogP contribution in [-0.2, 0) is 45.4 Å². The van der Waals surface area contributed by atoms with Crippen molar-refractivity contribution in [1.82, 2.24) is 4.90 Å². The highest BCUT2D eigenvalue weighted by Gasteiger charge is 2.46. The minimum absolute atomic E-state index is 0.0343. The van der Waals surface area contributed by atoms with Gasteiger partial charge in [0.1, 0.15) is 12.2 Å². The molecule has 0 radical (unpaired) electrons. The third-order valence-electron chi connectivity index (χ3n) is 7.81. The zero-order valence-corrected chi connectivity index (χ0v) is 25.4. The van der Waals surface area contributed by atoms with Crippen molar-refractivity contribution in [2.75, 3.05) is 25.6 Å². The molecule has 0 aliphatic carbocycles. The van der Waals surface area contributed by atoms with Crippen molar-refractivity contribution in [2.24, 2.45) is 0 Å². The summed E-state index contributed by atoms with van der Waals surface area (Å²) in [6.45, 7) is 4.02. The lowest BCUT2D eigenvalue weighted by molar-refractivity contribution is -0.210. The summed E-state index contributed by atoms with van der Waals surface area (Å²) in [6, 6.07) is 41.2. The van der Waals surface area contributed by atoms with Gasteiger partial charge in [0.15, 0.2) is 0 Å². The number of benzene rings is 4. The Morgan fingerprint density at radius 3 is 1.49 bits per heavy atom. The van der Waals surface area contributed by atoms with Gasteiger partial charge in [0.25, 0.3) is 0 Å². The number of likely N-dealkylation sites (tertiary alicyclic amines) is 1. The highest BCUT2D eigenvalue weighted by Crippen LogP contribution is 2.29. The topological polar surface area (TPSA) is 40.2 Å². The Labute approximate surface area is 261 Å². The van der Waals surface area contributed by atoms with Crippen LogP contribution in [0.1, 0.15) is 28.7 Å². The maximum absolute atomic E-state index is 6.82. The Hall–Kier alpha value is -3.03. The van der Waals surface area contributed by atoms with Crippen LogP contribution in [-0.4, -0.2) is 54.8 Å². The van der Waals surface area contributed by atoms with E-state index in [2.05, 4.69) is 53.4 Å². The van der Waals surface area contributed by atoms with Crippen LogP contribution in [0, 0.1) is 0 Å². The highest BCUT2D eigenvalue weighted by atomic mass is 35.5. The molecular weight excluding hydrogens is 558 g/mol. The Morgan fingerprint density at radius 1 is 0.558 bits per heavy atom. The maximum Gasteiger partial charge on any atom is 0.113 e. The van der Waals surface area contributed by atoms with Crippen LogP contribution in [0.25, 0.3) is 0 Å². The second-order valence-electron chi connectivity index (χ2n) is 11.0. The number of ether oxygens (including phenoxy) is 4. The molecule has 0 aromatic heterocycles. The fourth-order valence-corrected chi connectivity index (χ4v) is 5.69. The van der Waals surface area contributed by atoms with E-state index in [4.69, 9.17) is 30.5 Å². The van der Waals surface area contributed by atoms with Gasteiger partial charge < -0.3 is 18.9 Å². The van der Waals surface area contributed by atoms with Gasteiger partial charge in [-0.25, -0.2) is 0 Å². The first-order valence-corrected chi connectivity index (χ1v) is 15.7. The second kappa shape index (κ2) is 17.3. The number of halogens is 1. The average Bonchev–Trinajstić information content (AvgIpc) is 3.07. The van der Waals surface area contributed by atoms with Gasteiger partial charge in [0.2, 0.25) is 0 Å². The van der Waals surface area contributed by atoms with E-state index in [1.807, 2.05) is 72.8 Å². The lowest BCUT2D eigenvalue weighted by atomic mass is 9.92. The molecule has 0 unspecified atom stereocenters. The van der Waals surface area contributed by atoms with E-state index in [0.717, 1.165) is 35.2 Å². The molecule has 0 spiro atoms. The Balaban J connectivity index is 1.41. The molecule has 1 heterocycles. The predicted octanol–water partition coefficient (Wildman–Crippen LogP) is 7.27. The minimum atomic E-state index is -0.301. The highest BCUT2D eigenvalue weighted by molar-refractivity contribution is 6.17. The van der Waals surface area contributed by atoms with Gasteiger partial charge in [0, 0.05) is 12.4 Å². The molecule has 4 aromatic rings. The van der Waals surface area contributed by atoms with E-state index in [0.29, 0.717) is 45.5 Å². The monoisotopic (exact) mass is 599 g/mol. The number of hydrogen-bond donors (Lipinski definition) is 0. The molecule has 1 aliphatic heterocycles. The predicted molar refractivity (Wildman–Crippen MR) is 172 cm³/mol. The lowest BCUT2D eigenvalue weighted by Gasteiger charge is -2.48. The molecule has 0 amide bonds. The van der Waals surface area contributed by atoms with Crippen molar-refractivity contribution in [1.29, 1.82) is 0 Å². The molecule has 5 nitrogen and oxygen atoms in total. The van der Waals surface area contributed by atoms with Gasteiger partial charge in [-0.15, -0.1) is 11.6 Å². The largest absolute Gasteiger partial charge is 0.375 e. The molecular formula is C37H42ClNO4. The summed E-state index contributed by atoms with van der Waals surface area (Å²) in [5.74, 6) is 0.590. The standard InChI is InChI=1S/C37H42ClNO4/c38-22-13-23-39-24-35(41-26-31-16-7-2-8-17-31)37(43-28-33-20-11-4-12-21-33)36(42-27-32-18-9-3-10-19-32)34(39)29-40-25-30-14-5-1-6-15-30/h1-12,14-21,34-37H,13,22-29H2/t34-,35+,36-,37-/m1/s1. The van der Waals surface area contributed by atoms with Gasteiger partial charge >= 0.3 is 0 Å². The molecule has 5 rings (SSSR count). The summed E-state index contributed by atoms with van der Waals surface area (Å²) >= 11 is 6.21. The quantitative estimate of drug-likeness (QED) is 0.127. The van der Waals surface area contributed by atoms with Gasteiger partial charge in [-0.2, -0.15) is 0 Å². The zero-order valence-electron chi connectivity index (χ0n) is 24.7. The van der Waals surface area contributed by atoms with Gasteiger partial charge in [-0.05, 0) is 35.2 Å². The molecule has 4 atom stereocenters. The molecule has 226 valence electrons. The molecule has 0 saturated carbocycles. The SMILES string of the molecule is ClCCCN1C[C@H](OCc2ccccc2)[C@@H](OCc2ccccc2)[C@H](OCc2ccccc2)[C@H]1COCc1ccccc1. The summed E-state index contributed by atoms with van der Waals surface area (Å²) in [5.41, 5.74) is 4.51. The third kappa shape index (κ3) is 9.73. The number of nitrogens with zero attached hydrogens (tertiary/aromatic N) is 1. The molecule has 43 heavy (non-hydrogen) atoms. The van der Waals surface area contributed by atoms with Crippen LogP contribution >= 0.6 is 11.6 Å². The molecule has 0 N–H and O–H groups in total. The molecule has 1 aliphatic rings. The number of piperidine rings is 1. The van der Waals surface area contributed by atoms with Crippen LogP contribution in [0.4, 0.5) is 0 Å². The van der Waals surface area contributed by atoms with Crippen LogP contribution in [0.3, 0.4) is 0 Å². The first-order chi connectivity index (χ1) is 21.3. The average molecular weight is 600 g/mol. The third-order valence-corrected chi connectivity index (χ3v) is 8.08. The van der Waals surface area contributed by atoms with Crippen molar-refractivity contribution in [2.45, 2.75) is 57.2 Å². The lowest BCUT2D eigenvalue weighted by Crippen LogP contribution is -2.64. The number of rotatable bonds is 16. The minimum Gasteiger partial charge on any atom is -0.375 e. The van der Waals surface area contributed by atoms with Crippen molar-refractivity contribution in [3.05, 3.63) is 144 Å². The van der Waals surface area contributed by atoms with Crippen LogP contribution < -0.4 is 0 Å². The van der Waals surface area contributed by atoms with Crippen molar-refractivity contribution in [3.8, 4) is 0 Å². The number of hydrogen-bond acceptors (Lipinski definition) is 5. The number of alkyl halides is 1. The van der Waals surface area contributed by atoms with Gasteiger partial charge in [-0.3, -0.25) is 4.90 Å². The molecule has 4 aromatic carbocycles. The first-order valence-electron chi connectivity index (χ1n) is 15.2. The van der Waals surface area contributed by atoms with E-state index in [1.54, 1.807) is 0 Å². The van der Waals surface area contributed by atoms with E-state index >= 15 is 0 Å². The summed E-state index contributed by atoms with van der Waals surface area (Å²) in [4.78, 5) is 2.43. The smallest absolute Gasteiger partial charge is 0.113 e. The maximum atomic E-state index is 6.82. The van der Waals surface area contributed by atoms with E-state index < -0.39 is 0 Å². The molecule has 0 bridgehead atoms. The molecule has 6 heteroatoms. The normalized spacial score (nSPS) is 20.7. The summed E-state index contributed by atoms with van der Waals surface area (Å²) in [7, 11) is 0. The van der Waals surface area contributed by atoms with E-state index in [9.17, 15) is 0 Å². The van der Waals surface area contributed by atoms with E-state index in [-0.39, 0.29) is 24.4 Å². The fraction of sp³-hybridized carbons (Fsp3) is 0.351. The Kier molecular flexibility index (Phi) is 12.6. The van der Waals surface area contributed by atoms with Crippen molar-refractivity contribution in [3.63, 3.8) is 0 Å². The Bertz CT molecular complexity index is 1300. The molecule has 1 saturated heterocycles. The van der Waals surface area contributed by atoms with Crippen molar-refractivity contribution >= 4 is 11.6 Å². The second-order valence-corrected chi connectivity index (χ2v) is 11.3. The van der Waals surface area contributed by atoms with Gasteiger partial charge in [-0.1, -0.05) is 121 Å². The van der Waals surface area contributed by atoms with Crippen LogP contribution in [0.5, 0.6) is 0 Å². The van der Waals surface area contributed by atoms with E-state index in [1.165, 1.54) is 0 Å². The molecule has 1 fully saturated rings. The summed E-state index contributed by atoms with van der Waals surface area (Å²) < 4.78 is 26.6. The first kappa shape index (κ1) is 31.4. The zero-order chi connectivity index (χ0) is 29.5.